The number of carbonyl (C=O) groups excluding carboxylic acids is 1. The lowest BCUT2D eigenvalue weighted by Gasteiger charge is -2.10. The van der Waals surface area contributed by atoms with Gasteiger partial charge in [0, 0.05) is 23.6 Å². The van der Waals surface area contributed by atoms with Gasteiger partial charge in [0.25, 0.3) is 0 Å². The van der Waals surface area contributed by atoms with Crippen molar-refractivity contribution in [1.29, 1.82) is 0 Å². The third-order valence-corrected chi connectivity index (χ3v) is 4.23. The fourth-order valence-electron chi connectivity index (χ4n) is 2.72. The van der Waals surface area contributed by atoms with Gasteiger partial charge in [-0.05, 0) is 43.5 Å². The molecule has 0 radical (unpaired) electrons. The Hall–Kier alpha value is -2.47. The van der Waals surface area contributed by atoms with Gasteiger partial charge in [-0.2, -0.15) is 5.10 Å². The Balaban J connectivity index is 1.62. The van der Waals surface area contributed by atoms with Gasteiger partial charge >= 0.3 is 0 Å². The van der Waals surface area contributed by atoms with E-state index in [1.807, 2.05) is 38.1 Å². The fraction of sp³-hybridized carbons (Fsp3) is 0.294. The number of nitrogens with zero attached hydrogens (tertiary/aromatic N) is 4. The van der Waals surface area contributed by atoms with Crippen molar-refractivity contribution >= 4 is 23.2 Å². The highest BCUT2D eigenvalue weighted by Crippen LogP contribution is 2.17. The molecular formula is C17H18ClN5O. The molecule has 0 aliphatic rings. The molecule has 0 saturated carbocycles. The van der Waals surface area contributed by atoms with Gasteiger partial charge in [-0.25, -0.2) is 4.52 Å². The van der Waals surface area contributed by atoms with Crippen LogP contribution in [0.5, 0.6) is 0 Å². The van der Waals surface area contributed by atoms with Crippen LogP contribution in [0.25, 0.3) is 5.65 Å². The molecule has 3 aromatic rings. The minimum Gasteiger partial charge on any atom is -0.352 e. The largest absolute Gasteiger partial charge is 0.352 e. The average molecular weight is 344 g/mol. The van der Waals surface area contributed by atoms with Crippen LogP contribution >= 0.6 is 11.6 Å². The van der Waals surface area contributed by atoms with Crippen molar-refractivity contribution < 1.29 is 4.79 Å². The van der Waals surface area contributed by atoms with Crippen molar-refractivity contribution in [2.24, 2.45) is 0 Å². The maximum atomic E-state index is 12.1. The molecule has 2 heterocycles. The van der Waals surface area contributed by atoms with Gasteiger partial charge in [-0.15, -0.1) is 10.2 Å². The van der Waals surface area contributed by atoms with Gasteiger partial charge in [0.2, 0.25) is 5.91 Å². The number of benzene rings is 1. The third kappa shape index (κ3) is 3.54. The van der Waals surface area contributed by atoms with E-state index in [0.29, 0.717) is 24.4 Å². The first-order valence-corrected chi connectivity index (χ1v) is 8.09. The Morgan fingerprint density at radius 2 is 2.17 bits per heavy atom. The second-order valence-corrected chi connectivity index (χ2v) is 6.13. The molecule has 0 bridgehead atoms. The molecule has 24 heavy (non-hydrogen) atoms. The van der Waals surface area contributed by atoms with E-state index in [1.54, 1.807) is 10.8 Å². The first-order chi connectivity index (χ1) is 11.5. The number of hydrogen-bond donors (Lipinski definition) is 1. The number of aromatic nitrogens is 4. The van der Waals surface area contributed by atoms with Gasteiger partial charge < -0.3 is 5.32 Å². The van der Waals surface area contributed by atoms with Gasteiger partial charge in [-0.3, -0.25) is 4.79 Å². The van der Waals surface area contributed by atoms with E-state index in [0.717, 1.165) is 28.0 Å². The van der Waals surface area contributed by atoms with Crippen molar-refractivity contribution in [2.75, 3.05) is 0 Å². The van der Waals surface area contributed by atoms with Crippen LogP contribution in [-0.2, 0) is 17.8 Å². The van der Waals surface area contributed by atoms with E-state index in [1.165, 1.54) is 0 Å². The first kappa shape index (κ1) is 16.4. The zero-order chi connectivity index (χ0) is 17.1. The van der Waals surface area contributed by atoms with Crippen LogP contribution in [0.2, 0.25) is 5.02 Å². The number of carbonyl (C=O) groups is 1. The molecule has 7 heteroatoms. The Morgan fingerprint density at radius 3 is 2.96 bits per heavy atom. The molecule has 124 valence electrons. The number of aryl methyl sites for hydroxylation is 2. The molecule has 0 aliphatic heterocycles. The normalized spacial score (nSPS) is 11.0. The molecule has 0 spiro atoms. The molecule has 1 N–H and O–H groups in total. The molecule has 0 atom stereocenters. The van der Waals surface area contributed by atoms with Crippen LogP contribution in [-0.4, -0.2) is 25.7 Å². The van der Waals surface area contributed by atoms with Gasteiger partial charge in [0.1, 0.15) is 6.33 Å². The molecule has 0 saturated heterocycles. The highest BCUT2D eigenvalue weighted by molar-refractivity contribution is 6.30. The highest BCUT2D eigenvalue weighted by atomic mass is 35.5. The van der Waals surface area contributed by atoms with Gasteiger partial charge in [0.05, 0.1) is 5.69 Å². The average Bonchev–Trinajstić information content (AvgIpc) is 3.01. The van der Waals surface area contributed by atoms with Crippen molar-refractivity contribution in [3.05, 3.63) is 58.0 Å². The summed E-state index contributed by atoms with van der Waals surface area (Å²) in [5.41, 5.74) is 4.67. The van der Waals surface area contributed by atoms with Crippen LogP contribution < -0.4 is 5.32 Å². The lowest BCUT2D eigenvalue weighted by Crippen LogP contribution is -2.23. The summed E-state index contributed by atoms with van der Waals surface area (Å²) in [5, 5.41) is 15.9. The summed E-state index contributed by atoms with van der Waals surface area (Å²) in [6.07, 6.45) is 2.60. The summed E-state index contributed by atoms with van der Waals surface area (Å²) < 4.78 is 1.66. The molecule has 1 aromatic carbocycles. The van der Waals surface area contributed by atoms with Crippen molar-refractivity contribution in [3.8, 4) is 0 Å². The maximum absolute atomic E-state index is 12.1. The van der Waals surface area contributed by atoms with E-state index in [4.69, 9.17) is 11.6 Å². The Morgan fingerprint density at radius 1 is 1.33 bits per heavy atom. The monoisotopic (exact) mass is 343 g/mol. The Kier molecular flexibility index (Phi) is 4.76. The van der Waals surface area contributed by atoms with Crippen molar-refractivity contribution in [3.63, 3.8) is 0 Å². The van der Waals surface area contributed by atoms with E-state index in [-0.39, 0.29) is 5.91 Å². The van der Waals surface area contributed by atoms with Crippen molar-refractivity contribution in [2.45, 2.75) is 33.2 Å². The summed E-state index contributed by atoms with van der Waals surface area (Å²) in [5.74, 6) is -0.00452. The molecule has 6 nitrogen and oxygen atoms in total. The number of rotatable bonds is 5. The van der Waals surface area contributed by atoms with Crippen molar-refractivity contribution in [1.82, 2.24) is 25.1 Å². The fourth-order valence-corrected chi connectivity index (χ4v) is 2.93. The summed E-state index contributed by atoms with van der Waals surface area (Å²) in [4.78, 5) is 12.1. The predicted octanol–water partition coefficient (Wildman–Crippen LogP) is 2.64. The van der Waals surface area contributed by atoms with Crippen LogP contribution in [0.3, 0.4) is 0 Å². The predicted molar refractivity (Wildman–Crippen MR) is 91.9 cm³/mol. The number of hydrogen-bond acceptors (Lipinski definition) is 4. The second kappa shape index (κ2) is 6.97. The zero-order valence-electron chi connectivity index (χ0n) is 13.6. The quantitative estimate of drug-likeness (QED) is 0.773. The summed E-state index contributed by atoms with van der Waals surface area (Å²) >= 11 is 5.94. The number of amides is 1. The molecular weight excluding hydrogens is 326 g/mol. The first-order valence-electron chi connectivity index (χ1n) is 7.72. The standard InChI is InChI=1S/C17H18ClN5O/c1-11-15(12(2)22-23-10-20-21-17(11)23)6-7-16(24)19-9-13-4-3-5-14(18)8-13/h3-5,8,10H,6-7,9H2,1-2H3,(H,19,24). The Bertz CT molecular complexity index is 890. The Labute approximate surface area is 144 Å². The third-order valence-electron chi connectivity index (χ3n) is 3.99. The van der Waals surface area contributed by atoms with Gasteiger partial charge in [0.15, 0.2) is 5.65 Å². The molecule has 0 aliphatic carbocycles. The SMILES string of the molecule is Cc1nn2cnnc2c(C)c1CCC(=O)NCc1cccc(Cl)c1. The van der Waals surface area contributed by atoms with E-state index in [2.05, 4.69) is 20.6 Å². The number of fused-ring (bicyclic) bond motifs is 1. The summed E-state index contributed by atoms with van der Waals surface area (Å²) in [7, 11) is 0. The minimum absolute atomic E-state index is 0.00452. The van der Waals surface area contributed by atoms with Crippen LogP contribution in [0.15, 0.2) is 30.6 Å². The topological polar surface area (TPSA) is 72.2 Å². The number of nitrogens with one attached hydrogen (secondary N) is 1. The molecule has 2 aromatic heterocycles. The van der Waals surface area contributed by atoms with E-state index < -0.39 is 0 Å². The lowest BCUT2D eigenvalue weighted by molar-refractivity contribution is -0.121. The van der Waals surface area contributed by atoms with E-state index >= 15 is 0 Å². The minimum atomic E-state index is -0.00452. The molecule has 1 amide bonds. The number of halogens is 1. The summed E-state index contributed by atoms with van der Waals surface area (Å²) in [6.45, 7) is 4.39. The molecule has 0 unspecified atom stereocenters. The zero-order valence-corrected chi connectivity index (χ0v) is 14.3. The van der Waals surface area contributed by atoms with Crippen LogP contribution in [0.1, 0.15) is 28.8 Å². The molecule has 3 rings (SSSR count). The van der Waals surface area contributed by atoms with E-state index in [9.17, 15) is 4.79 Å². The van der Waals surface area contributed by atoms with Crippen LogP contribution in [0, 0.1) is 13.8 Å². The summed E-state index contributed by atoms with van der Waals surface area (Å²) in [6, 6.07) is 7.46. The smallest absolute Gasteiger partial charge is 0.220 e. The van der Waals surface area contributed by atoms with Crippen LogP contribution in [0.4, 0.5) is 0 Å². The molecule has 0 fully saturated rings. The van der Waals surface area contributed by atoms with Gasteiger partial charge in [-0.1, -0.05) is 23.7 Å². The lowest BCUT2D eigenvalue weighted by atomic mass is 10.0. The second-order valence-electron chi connectivity index (χ2n) is 5.69. The highest BCUT2D eigenvalue weighted by Gasteiger charge is 2.12. The maximum Gasteiger partial charge on any atom is 0.220 e.